The van der Waals surface area contributed by atoms with Crippen molar-refractivity contribution in [1.82, 2.24) is 0 Å². The monoisotopic (exact) mass is 426 g/mol. The van der Waals surface area contributed by atoms with Crippen molar-refractivity contribution in [3.05, 3.63) is 111 Å². The average molecular weight is 426 g/mol. The van der Waals surface area contributed by atoms with E-state index in [9.17, 15) is 28.1 Å². The summed E-state index contributed by atoms with van der Waals surface area (Å²) in [5, 5.41) is 14.5. The molecular weight excluding hydrogens is 409 g/mol. The average Bonchev–Trinajstić information content (AvgIpc) is 3.04. The fourth-order valence-corrected chi connectivity index (χ4v) is 4.36. The number of benzene rings is 3. The number of hydrogen-bond donors (Lipinski definition) is 1. The number of carbonyl (C=O) groups is 1. The summed E-state index contributed by atoms with van der Waals surface area (Å²) in [5.41, 5.74) is -0.440. The maximum Gasteiger partial charge on any atom is 0.416 e. The highest BCUT2D eigenvalue weighted by Crippen LogP contribution is 2.51. The van der Waals surface area contributed by atoms with E-state index in [0.29, 0.717) is 16.8 Å². The number of hydrogen-bond acceptors (Lipinski definition) is 3. The highest BCUT2D eigenvalue weighted by atomic mass is 19.4. The normalized spacial score (nSPS) is 18.9. The molecule has 1 heterocycles. The highest BCUT2D eigenvalue weighted by Gasteiger charge is 2.55. The number of fused-ring (bicyclic) bond motifs is 1. The van der Waals surface area contributed by atoms with Crippen molar-refractivity contribution in [3.63, 3.8) is 0 Å². The third-order valence-corrected chi connectivity index (χ3v) is 5.68. The van der Waals surface area contributed by atoms with Crippen LogP contribution in [0.5, 0.6) is 0 Å². The predicted octanol–water partition coefficient (Wildman–Crippen LogP) is 5.00. The summed E-state index contributed by atoms with van der Waals surface area (Å²) < 4.78 is 39.2. The number of nitro groups is 1. The van der Waals surface area contributed by atoms with Crippen molar-refractivity contribution in [1.29, 1.82) is 0 Å². The van der Waals surface area contributed by atoms with Crippen molar-refractivity contribution in [2.24, 2.45) is 0 Å². The zero-order chi connectivity index (χ0) is 22.2. The lowest BCUT2D eigenvalue weighted by Gasteiger charge is -2.35. The fraction of sp³-hybridized carbons (Fsp3) is 0.174. The molecule has 0 fully saturated rings. The molecule has 8 heteroatoms. The second-order valence-corrected chi connectivity index (χ2v) is 7.36. The Morgan fingerprint density at radius 1 is 0.935 bits per heavy atom. The lowest BCUT2D eigenvalue weighted by molar-refractivity contribution is -0.484. The van der Waals surface area contributed by atoms with Crippen LogP contribution in [-0.2, 0) is 16.4 Å². The van der Waals surface area contributed by atoms with E-state index >= 15 is 0 Å². The molecule has 0 aliphatic carbocycles. The van der Waals surface area contributed by atoms with Crippen LogP contribution in [0.2, 0.25) is 0 Å². The molecule has 0 spiro atoms. The van der Waals surface area contributed by atoms with Crippen LogP contribution in [-0.4, -0.2) is 17.4 Å². The van der Waals surface area contributed by atoms with Crippen LogP contribution in [0.1, 0.15) is 28.2 Å². The Morgan fingerprint density at radius 3 is 2.16 bits per heavy atom. The number of rotatable bonds is 5. The van der Waals surface area contributed by atoms with Crippen LogP contribution in [0.3, 0.4) is 0 Å². The molecule has 1 amide bonds. The van der Waals surface area contributed by atoms with Crippen molar-refractivity contribution in [2.45, 2.75) is 17.5 Å². The molecule has 0 saturated carbocycles. The SMILES string of the molecule is O=C1Nc2ccccc2[C@@]1(c1ccccc1)[C@@H](C[N+](=O)[O-])c1ccc(C(F)(F)F)cc1. The number of halogens is 3. The van der Waals surface area contributed by atoms with E-state index in [4.69, 9.17) is 0 Å². The number of nitrogens with zero attached hydrogens (tertiary/aromatic N) is 1. The summed E-state index contributed by atoms with van der Waals surface area (Å²) in [6.07, 6.45) is -4.54. The van der Waals surface area contributed by atoms with E-state index in [1.54, 1.807) is 54.6 Å². The number of carbonyl (C=O) groups excluding carboxylic acids is 1. The van der Waals surface area contributed by atoms with Crippen molar-refractivity contribution in [3.8, 4) is 0 Å². The van der Waals surface area contributed by atoms with Gasteiger partial charge in [0.05, 0.1) is 11.5 Å². The summed E-state index contributed by atoms with van der Waals surface area (Å²) >= 11 is 0. The lowest BCUT2D eigenvalue weighted by Crippen LogP contribution is -2.44. The van der Waals surface area contributed by atoms with E-state index in [1.807, 2.05) is 0 Å². The van der Waals surface area contributed by atoms with Crippen molar-refractivity contribution in [2.75, 3.05) is 11.9 Å². The smallest absolute Gasteiger partial charge is 0.325 e. The largest absolute Gasteiger partial charge is 0.416 e. The van der Waals surface area contributed by atoms with Crippen LogP contribution in [0, 0.1) is 10.1 Å². The molecule has 0 aromatic heterocycles. The van der Waals surface area contributed by atoms with Gasteiger partial charge in [-0.3, -0.25) is 14.9 Å². The van der Waals surface area contributed by atoms with E-state index in [2.05, 4.69) is 5.32 Å². The Kier molecular flexibility index (Phi) is 5.00. The Bertz CT molecular complexity index is 1130. The number of nitrogens with one attached hydrogen (secondary N) is 1. The Morgan fingerprint density at radius 2 is 1.55 bits per heavy atom. The summed E-state index contributed by atoms with van der Waals surface area (Å²) in [7, 11) is 0. The van der Waals surface area contributed by atoms with Gasteiger partial charge in [-0.15, -0.1) is 0 Å². The van der Waals surface area contributed by atoms with E-state index in [1.165, 1.54) is 12.1 Å². The number of anilines is 1. The zero-order valence-corrected chi connectivity index (χ0v) is 16.1. The molecule has 0 radical (unpaired) electrons. The predicted molar refractivity (Wildman–Crippen MR) is 108 cm³/mol. The first-order valence-corrected chi connectivity index (χ1v) is 9.50. The van der Waals surface area contributed by atoms with Gasteiger partial charge in [0, 0.05) is 10.6 Å². The zero-order valence-electron chi connectivity index (χ0n) is 16.1. The van der Waals surface area contributed by atoms with Gasteiger partial charge in [-0.2, -0.15) is 13.2 Å². The van der Waals surface area contributed by atoms with Gasteiger partial charge in [0.2, 0.25) is 12.5 Å². The van der Waals surface area contributed by atoms with E-state index < -0.39 is 40.4 Å². The maximum absolute atomic E-state index is 13.5. The van der Waals surface area contributed by atoms with Crippen molar-refractivity contribution < 1.29 is 22.9 Å². The minimum atomic E-state index is -4.54. The molecule has 1 aliphatic rings. The molecule has 0 saturated heterocycles. The van der Waals surface area contributed by atoms with Gasteiger partial charge in [0.1, 0.15) is 5.41 Å². The van der Waals surface area contributed by atoms with Gasteiger partial charge in [-0.05, 0) is 34.9 Å². The van der Waals surface area contributed by atoms with Crippen LogP contribution < -0.4 is 5.32 Å². The van der Waals surface area contributed by atoms with Crippen LogP contribution >= 0.6 is 0 Å². The van der Waals surface area contributed by atoms with Gasteiger partial charge in [0.25, 0.3) is 0 Å². The number of para-hydroxylation sites is 1. The third-order valence-electron chi connectivity index (χ3n) is 5.68. The summed E-state index contributed by atoms with van der Waals surface area (Å²) in [6.45, 7) is -0.637. The lowest BCUT2D eigenvalue weighted by atomic mass is 9.64. The topological polar surface area (TPSA) is 72.2 Å². The molecule has 1 aliphatic heterocycles. The molecule has 2 atom stereocenters. The molecule has 1 N–H and O–H groups in total. The van der Waals surface area contributed by atoms with E-state index in [0.717, 1.165) is 12.1 Å². The summed E-state index contributed by atoms with van der Waals surface area (Å²) in [5.74, 6) is -1.48. The van der Waals surface area contributed by atoms with Crippen LogP contribution in [0.25, 0.3) is 0 Å². The first-order chi connectivity index (χ1) is 14.7. The van der Waals surface area contributed by atoms with Crippen LogP contribution in [0.15, 0.2) is 78.9 Å². The molecule has 3 aromatic rings. The molecular formula is C23H17F3N2O3. The van der Waals surface area contributed by atoms with Gasteiger partial charge in [-0.25, -0.2) is 0 Å². The minimum absolute atomic E-state index is 0.278. The summed E-state index contributed by atoms with van der Waals surface area (Å²) in [6, 6.07) is 19.7. The van der Waals surface area contributed by atoms with Gasteiger partial charge in [-0.1, -0.05) is 60.7 Å². The Labute approximate surface area is 175 Å². The molecule has 0 bridgehead atoms. The first kappa shape index (κ1) is 20.6. The van der Waals surface area contributed by atoms with Gasteiger partial charge >= 0.3 is 6.18 Å². The number of amides is 1. The number of alkyl halides is 3. The van der Waals surface area contributed by atoms with Crippen molar-refractivity contribution >= 4 is 11.6 Å². The molecule has 3 aromatic carbocycles. The quantitative estimate of drug-likeness (QED) is 0.461. The third kappa shape index (κ3) is 3.43. The first-order valence-electron chi connectivity index (χ1n) is 9.50. The molecule has 31 heavy (non-hydrogen) atoms. The molecule has 4 rings (SSSR count). The second-order valence-electron chi connectivity index (χ2n) is 7.36. The summed E-state index contributed by atoms with van der Waals surface area (Å²) in [4.78, 5) is 24.6. The Hall–Kier alpha value is -3.68. The standard InChI is InChI=1S/C23H17F3N2O3/c24-23(25,26)17-12-10-15(11-13-17)19(14-28(30)31)22(16-6-2-1-3-7-16)18-8-4-5-9-20(18)27-21(22)29/h1-13,19H,14H2,(H,27,29)/t19-,22-/m0/s1. The highest BCUT2D eigenvalue weighted by molar-refractivity contribution is 6.09. The van der Waals surface area contributed by atoms with Gasteiger partial charge in [0.15, 0.2) is 0 Å². The second kappa shape index (κ2) is 7.54. The Balaban J connectivity index is 1.98. The van der Waals surface area contributed by atoms with E-state index in [-0.39, 0.29) is 5.56 Å². The molecule has 0 unspecified atom stereocenters. The maximum atomic E-state index is 13.5. The molecule has 5 nitrogen and oxygen atoms in total. The molecule has 158 valence electrons. The fourth-order valence-electron chi connectivity index (χ4n) is 4.36. The van der Waals surface area contributed by atoms with Crippen LogP contribution in [0.4, 0.5) is 18.9 Å². The van der Waals surface area contributed by atoms with Gasteiger partial charge < -0.3 is 5.32 Å². The minimum Gasteiger partial charge on any atom is -0.325 e.